The Labute approximate surface area is 132 Å². The van der Waals surface area contributed by atoms with Gasteiger partial charge in [-0.15, -0.1) is 0 Å². The number of aromatic nitrogens is 1. The van der Waals surface area contributed by atoms with Gasteiger partial charge in [0.05, 0.1) is 0 Å². The molecule has 106 valence electrons. The van der Waals surface area contributed by atoms with Gasteiger partial charge in [0, 0.05) is 33.7 Å². The van der Waals surface area contributed by atoms with Gasteiger partial charge in [-0.2, -0.15) is 0 Å². The average Bonchev–Trinajstić information content (AvgIpc) is 2.50. The third kappa shape index (κ3) is 3.16. The third-order valence-corrected chi connectivity index (χ3v) is 4.13. The first-order chi connectivity index (χ1) is 10.2. The van der Waals surface area contributed by atoms with Crippen molar-refractivity contribution in [2.75, 3.05) is 17.6 Å². The van der Waals surface area contributed by atoms with Gasteiger partial charge in [-0.3, -0.25) is 0 Å². The van der Waals surface area contributed by atoms with E-state index < -0.39 is 0 Å². The van der Waals surface area contributed by atoms with Crippen molar-refractivity contribution < 1.29 is 0 Å². The monoisotopic (exact) mass is 341 g/mol. The molecule has 0 atom stereocenters. The number of hydrogen-bond donors (Lipinski definition) is 2. The fraction of sp³-hybridized carbons (Fsp3) is 0.118. The van der Waals surface area contributed by atoms with Crippen molar-refractivity contribution in [3.05, 3.63) is 64.8 Å². The lowest BCUT2D eigenvalue weighted by Crippen LogP contribution is -2.06. The number of benzene rings is 2. The van der Waals surface area contributed by atoms with E-state index in [9.17, 15) is 0 Å². The summed E-state index contributed by atoms with van der Waals surface area (Å²) in [5, 5.41) is 5.71. The van der Waals surface area contributed by atoms with Gasteiger partial charge < -0.3 is 11.1 Å². The van der Waals surface area contributed by atoms with Crippen LogP contribution in [0.4, 0.5) is 11.5 Å². The zero-order chi connectivity index (χ0) is 14.7. The van der Waals surface area contributed by atoms with E-state index in [4.69, 9.17) is 5.73 Å². The molecule has 1 heterocycles. The second-order valence-corrected chi connectivity index (χ2v) is 5.77. The lowest BCUT2D eigenvalue weighted by molar-refractivity contribution is 1.01. The number of nitrogens with zero attached hydrogens (tertiary/aromatic N) is 1. The van der Waals surface area contributed by atoms with Crippen LogP contribution in [-0.2, 0) is 6.42 Å². The minimum absolute atomic E-state index is 0.798. The quantitative estimate of drug-likeness (QED) is 0.698. The topological polar surface area (TPSA) is 50.9 Å². The van der Waals surface area contributed by atoms with Crippen molar-refractivity contribution in [1.82, 2.24) is 4.98 Å². The van der Waals surface area contributed by atoms with E-state index in [1.54, 1.807) is 0 Å². The molecule has 0 unspecified atom stereocenters. The maximum Gasteiger partial charge on any atom is 0.133 e. The predicted molar refractivity (Wildman–Crippen MR) is 92.5 cm³/mol. The van der Waals surface area contributed by atoms with Gasteiger partial charge in [0.2, 0.25) is 0 Å². The van der Waals surface area contributed by atoms with Crippen molar-refractivity contribution in [2.24, 2.45) is 0 Å². The minimum atomic E-state index is 0.798. The fourth-order valence-electron chi connectivity index (χ4n) is 2.32. The molecule has 0 saturated heterocycles. The maximum absolute atomic E-state index is 5.69. The van der Waals surface area contributed by atoms with Crippen LogP contribution in [0.25, 0.3) is 10.8 Å². The van der Waals surface area contributed by atoms with Crippen LogP contribution in [0.15, 0.2) is 59.2 Å². The Morgan fingerprint density at radius 1 is 1.00 bits per heavy atom. The number of anilines is 2. The Balaban J connectivity index is 1.73. The summed E-state index contributed by atoms with van der Waals surface area (Å²) in [6, 6.07) is 16.2. The Hall–Kier alpha value is -2.07. The SMILES string of the molecule is Nc1ccc(CCNc2nccc3c(Br)cccc23)cc1. The summed E-state index contributed by atoms with van der Waals surface area (Å²) in [6.07, 6.45) is 2.77. The molecule has 0 bridgehead atoms. The summed E-state index contributed by atoms with van der Waals surface area (Å²) in [7, 11) is 0. The highest BCUT2D eigenvalue weighted by Crippen LogP contribution is 2.27. The largest absolute Gasteiger partial charge is 0.399 e. The smallest absolute Gasteiger partial charge is 0.133 e. The number of halogens is 1. The van der Waals surface area contributed by atoms with E-state index in [-0.39, 0.29) is 0 Å². The first-order valence-corrected chi connectivity index (χ1v) is 7.65. The summed E-state index contributed by atoms with van der Waals surface area (Å²) < 4.78 is 1.09. The highest BCUT2D eigenvalue weighted by molar-refractivity contribution is 9.10. The summed E-state index contributed by atoms with van der Waals surface area (Å²) in [6.45, 7) is 0.836. The van der Waals surface area contributed by atoms with Crippen LogP contribution in [0, 0.1) is 0 Å². The van der Waals surface area contributed by atoms with Crippen molar-refractivity contribution in [3.8, 4) is 0 Å². The maximum atomic E-state index is 5.69. The number of fused-ring (bicyclic) bond motifs is 1. The molecule has 0 radical (unpaired) electrons. The van der Waals surface area contributed by atoms with Crippen molar-refractivity contribution in [1.29, 1.82) is 0 Å². The summed E-state index contributed by atoms with van der Waals surface area (Å²) >= 11 is 3.58. The highest BCUT2D eigenvalue weighted by Gasteiger charge is 2.04. The molecule has 3 rings (SSSR count). The van der Waals surface area contributed by atoms with E-state index in [1.807, 2.05) is 36.5 Å². The average molecular weight is 342 g/mol. The van der Waals surface area contributed by atoms with Crippen LogP contribution < -0.4 is 11.1 Å². The molecule has 0 aliphatic carbocycles. The normalized spacial score (nSPS) is 10.7. The lowest BCUT2D eigenvalue weighted by atomic mass is 10.1. The number of nitrogens with one attached hydrogen (secondary N) is 1. The summed E-state index contributed by atoms with van der Waals surface area (Å²) in [4.78, 5) is 4.44. The second-order valence-electron chi connectivity index (χ2n) is 4.91. The number of nitrogens with two attached hydrogens (primary N) is 1. The van der Waals surface area contributed by atoms with Gasteiger partial charge >= 0.3 is 0 Å². The molecule has 3 nitrogen and oxygen atoms in total. The number of nitrogen functional groups attached to an aromatic ring is 1. The molecule has 3 aromatic rings. The second kappa shape index (κ2) is 6.14. The van der Waals surface area contributed by atoms with E-state index >= 15 is 0 Å². The molecular weight excluding hydrogens is 326 g/mol. The Morgan fingerprint density at radius 3 is 2.62 bits per heavy atom. The van der Waals surface area contributed by atoms with Crippen LogP contribution in [0.2, 0.25) is 0 Å². The van der Waals surface area contributed by atoms with Crippen LogP contribution >= 0.6 is 15.9 Å². The van der Waals surface area contributed by atoms with Crippen molar-refractivity contribution >= 4 is 38.2 Å². The van der Waals surface area contributed by atoms with Gasteiger partial charge in [-0.05, 0) is 36.2 Å². The molecule has 0 aliphatic heterocycles. The Bertz CT molecular complexity index is 754. The van der Waals surface area contributed by atoms with E-state index in [2.05, 4.69) is 44.4 Å². The summed E-state index contributed by atoms with van der Waals surface area (Å²) in [5.41, 5.74) is 7.75. The molecule has 0 spiro atoms. The molecule has 0 saturated carbocycles. The van der Waals surface area contributed by atoms with Crippen LogP contribution in [0.1, 0.15) is 5.56 Å². The molecule has 0 fully saturated rings. The lowest BCUT2D eigenvalue weighted by Gasteiger charge is -2.09. The van der Waals surface area contributed by atoms with Crippen LogP contribution in [0.3, 0.4) is 0 Å². The van der Waals surface area contributed by atoms with Gasteiger partial charge in [0.15, 0.2) is 0 Å². The van der Waals surface area contributed by atoms with Crippen LogP contribution in [0.5, 0.6) is 0 Å². The number of rotatable bonds is 4. The molecule has 0 aliphatic rings. The van der Waals surface area contributed by atoms with E-state index in [0.29, 0.717) is 0 Å². The van der Waals surface area contributed by atoms with Gasteiger partial charge in [-0.1, -0.05) is 40.2 Å². The van der Waals surface area contributed by atoms with E-state index in [0.717, 1.165) is 34.3 Å². The molecule has 3 N–H and O–H groups in total. The molecule has 0 amide bonds. The highest BCUT2D eigenvalue weighted by atomic mass is 79.9. The summed E-state index contributed by atoms with van der Waals surface area (Å²) in [5.74, 6) is 0.921. The zero-order valence-electron chi connectivity index (χ0n) is 11.5. The van der Waals surface area contributed by atoms with Gasteiger partial charge in [-0.25, -0.2) is 4.98 Å². The van der Waals surface area contributed by atoms with Crippen molar-refractivity contribution in [3.63, 3.8) is 0 Å². The first kappa shape index (κ1) is 13.9. The third-order valence-electron chi connectivity index (χ3n) is 3.44. The fourth-order valence-corrected chi connectivity index (χ4v) is 2.82. The van der Waals surface area contributed by atoms with Crippen molar-refractivity contribution in [2.45, 2.75) is 6.42 Å². The number of pyridine rings is 1. The van der Waals surface area contributed by atoms with Crippen LogP contribution in [-0.4, -0.2) is 11.5 Å². The van der Waals surface area contributed by atoms with Gasteiger partial charge in [0.25, 0.3) is 0 Å². The van der Waals surface area contributed by atoms with E-state index in [1.165, 1.54) is 10.9 Å². The molecule has 21 heavy (non-hydrogen) atoms. The zero-order valence-corrected chi connectivity index (χ0v) is 13.1. The van der Waals surface area contributed by atoms with Gasteiger partial charge in [0.1, 0.15) is 5.82 Å². The molecule has 4 heteroatoms. The minimum Gasteiger partial charge on any atom is -0.399 e. The molecule has 1 aromatic heterocycles. The Morgan fingerprint density at radius 2 is 1.81 bits per heavy atom. The standard InChI is InChI=1S/C17H16BrN3/c18-16-3-1-2-15-14(16)9-11-21-17(15)20-10-8-12-4-6-13(19)7-5-12/h1-7,9,11H,8,10,19H2,(H,20,21). The first-order valence-electron chi connectivity index (χ1n) is 6.85. The Kier molecular flexibility index (Phi) is 4.06. The number of hydrogen-bond acceptors (Lipinski definition) is 3. The predicted octanol–water partition coefficient (Wildman–Crippen LogP) is 4.23. The molecule has 2 aromatic carbocycles. The molecular formula is C17H16BrN3.